The summed E-state index contributed by atoms with van der Waals surface area (Å²) < 4.78 is 1.09. The van der Waals surface area contributed by atoms with Gasteiger partial charge in [-0.2, -0.15) is 0 Å². The Kier molecular flexibility index (Phi) is 3.71. The van der Waals surface area contributed by atoms with Gasteiger partial charge in [-0.1, -0.05) is 11.3 Å². The van der Waals surface area contributed by atoms with Crippen molar-refractivity contribution < 1.29 is 4.79 Å². The Morgan fingerprint density at radius 3 is 2.52 bits per heavy atom. The van der Waals surface area contributed by atoms with Crippen molar-refractivity contribution in [3.63, 3.8) is 0 Å². The van der Waals surface area contributed by atoms with Crippen LogP contribution in [0.1, 0.15) is 31.1 Å². The molecule has 0 bridgehead atoms. The van der Waals surface area contributed by atoms with E-state index in [0.29, 0.717) is 0 Å². The molecule has 112 valence electrons. The molecule has 0 saturated carbocycles. The number of rotatable bonds is 2. The summed E-state index contributed by atoms with van der Waals surface area (Å²) in [5, 5.41) is 1.07. The van der Waals surface area contributed by atoms with Gasteiger partial charge in [0.2, 0.25) is 0 Å². The van der Waals surface area contributed by atoms with Gasteiger partial charge in [0.05, 0.1) is 10.2 Å². The van der Waals surface area contributed by atoms with E-state index in [4.69, 9.17) is 4.98 Å². The molecule has 0 N–H and O–H groups in total. The van der Waals surface area contributed by atoms with Crippen molar-refractivity contribution in [2.75, 3.05) is 31.1 Å². The van der Waals surface area contributed by atoms with Crippen molar-refractivity contribution in [3.05, 3.63) is 23.8 Å². The van der Waals surface area contributed by atoms with Crippen molar-refractivity contribution in [1.29, 1.82) is 0 Å². The molecule has 1 saturated heterocycles. The summed E-state index contributed by atoms with van der Waals surface area (Å²) in [6.45, 7) is 11.0. The lowest BCUT2D eigenvalue weighted by Gasteiger charge is -2.42. The van der Waals surface area contributed by atoms with E-state index in [0.717, 1.165) is 53.4 Å². The molecule has 4 nitrogen and oxygen atoms in total. The summed E-state index contributed by atoms with van der Waals surface area (Å²) in [6.07, 6.45) is 0.890. The van der Waals surface area contributed by atoms with Crippen molar-refractivity contribution >= 4 is 33.0 Å². The maximum Gasteiger partial charge on any atom is 0.186 e. The minimum absolute atomic E-state index is 0.235. The van der Waals surface area contributed by atoms with Gasteiger partial charge >= 0.3 is 0 Å². The van der Waals surface area contributed by atoms with Gasteiger partial charge in [-0.25, -0.2) is 4.98 Å². The summed E-state index contributed by atoms with van der Waals surface area (Å²) in [4.78, 5) is 20.4. The molecule has 1 aromatic heterocycles. The van der Waals surface area contributed by atoms with Crippen LogP contribution < -0.4 is 4.90 Å². The maximum atomic E-state index is 10.9. The lowest BCUT2D eigenvalue weighted by Crippen LogP contribution is -2.53. The number of fused-ring (bicyclic) bond motifs is 1. The van der Waals surface area contributed by atoms with Crippen LogP contribution in [0.4, 0.5) is 5.13 Å². The molecule has 0 radical (unpaired) electrons. The molecule has 0 spiro atoms. The maximum absolute atomic E-state index is 10.9. The van der Waals surface area contributed by atoms with E-state index in [-0.39, 0.29) is 5.54 Å². The summed E-state index contributed by atoms with van der Waals surface area (Å²) in [5.41, 5.74) is 1.94. The van der Waals surface area contributed by atoms with Crippen molar-refractivity contribution in [2.45, 2.75) is 26.3 Å². The minimum Gasteiger partial charge on any atom is -0.345 e. The average Bonchev–Trinajstić information content (AvgIpc) is 2.89. The number of thiazole rings is 1. The van der Waals surface area contributed by atoms with E-state index in [1.54, 1.807) is 11.3 Å². The molecule has 0 atom stereocenters. The molecule has 2 heterocycles. The van der Waals surface area contributed by atoms with Crippen LogP contribution in [0.15, 0.2) is 18.2 Å². The normalized spacial score (nSPS) is 17.4. The lowest BCUT2D eigenvalue weighted by molar-refractivity contribution is 0.112. The Balaban J connectivity index is 1.78. The van der Waals surface area contributed by atoms with Gasteiger partial charge in [-0.15, -0.1) is 0 Å². The first-order chi connectivity index (χ1) is 9.97. The molecule has 1 fully saturated rings. The number of carbonyl (C=O) groups excluding carboxylic acids is 1. The highest BCUT2D eigenvalue weighted by molar-refractivity contribution is 7.22. The lowest BCUT2D eigenvalue weighted by atomic mass is 10.1. The Bertz CT molecular complexity index is 651. The van der Waals surface area contributed by atoms with E-state index in [9.17, 15) is 4.79 Å². The largest absolute Gasteiger partial charge is 0.345 e. The van der Waals surface area contributed by atoms with E-state index >= 15 is 0 Å². The predicted octanol–water partition coefficient (Wildman–Crippen LogP) is 3.03. The van der Waals surface area contributed by atoms with Crippen molar-refractivity contribution in [2.24, 2.45) is 0 Å². The van der Waals surface area contributed by atoms with Crippen LogP contribution in [0, 0.1) is 0 Å². The SMILES string of the molecule is CC(C)(C)N1CCN(c2nc3ccc(C=O)cc3s2)CC1. The van der Waals surface area contributed by atoms with E-state index < -0.39 is 0 Å². The molecule has 2 aromatic rings. The van der Waals surface area contributed by atoms with Crippen LogP contribution >= 0.6 is 11.3 Å². The topological polar surface area (TPSA) is 36.4 Å². The zero-order valence-corrected chi connectivity index (χ0v) is 13.6. The molecule has 0 aliphatic carbocycles. The highest BCUT2D eigenvalue weighted by Crippen LogP contribution is 2.30. The summed E-state index contributed by atoms with van der Waals surface area (Å²) in [5.74, 6) is 0. The standard InChI is InChI=1S/C16H21N3OS/c1-16(2,3)19-8-6-18(7-9-19)15-17-13-5-4-12(11-20)10-14(13)21-15/h4-5,10-11H,6-9H2,1-3H3. The highest BCUT2D eigenvalue weighted by atomic mass is 32.1. The summed E-state index contributed by atoms with van der Waals surface area (Å²) >= 11 is 1.68. The van der Waals surface area contributed by atoms with E-state index in [1.807, 2.05) is 18.2 Å². The van der Waals surface area contributed by atoms with Crippen LogP contribution in [0.5, 0.6) is 0 Å². The van der Waals surface area contributed by atoms with Crippen LogP contribution in [-0.4, -0.2) is 47.9 Å². The number of anilines is 1. The van der Waals surface area contributed by atoms with Crippen LogP contribution in [0.25, 0.3) is 10.2 Å². The molecule has 0 amide bonds. The number of hydrogen-bond acceptors (Lipinski definition) is 5. The number of carbonyl (C=O) groups is 1. The summed E-state index contributed by atoms with van der Waals surface area (Å²) in [6, 6.07) is 5.69. The first-order valence-corrected chi connectivity index (χ1v) is 8.15. The van der Waals surface area contributed by atoms with Crippen LogP contribution in [-0.2, 0) is 0 Å². The van der Waals surface area contributed by atoms with Gasteiger partial charge in [-0.05, 0) is 39.0 Å². The third-order valence-corrected chi connectivity index (χ3v) is 5.12. The second kappa shape index (κ2) is 5.39. The van der Waals surface area contributed by atoms with Crippen molar-refractivity contribution in [3.8, 4) is 0 Å². The Morgan fingerprint density at radius 2 is 1.90 bits per heavy atom. The first-order valence-electron chi connectivity index (χ1n) is 7.33. The van der Waals surface area contributed by atoms with Gasteiger partial charge < -0.3 is 4.90 Å². The predicted molar refractivity (Wildman–Crippen MR) is 88.5 cm³/mol. The smallest absolute Gasteiger partial charge is 0.186 e. The molecule has 21 heavy (non-hydrogen) atoms. The first kappa shape index (κ1) is 14.5. The number of benzene rings is 1. The zero-order chi connectivity index (χ0) is 15.0. The molecule has 5 heteroatoms. The second-order valence-corrected chi connectivity index (χ2v) is 7.50. The van der Waals surface area contributed by atoms with Gasteiger partial charge in [-0.3, -0.25) is 9.69 Å². The monoisotopic (exact) mass is 303 g/mol. The van der Waals surface area contributed by atoms with Gasteiger partial charge in [0.25, 0.3) is 0 Å². The molecule has 1 aromatic carbocycles. The number of aromatic nitrogens is 1. The minimum atomic E-state index is 0.235. The third-order valence-electron chi connectivity index (χ3n) is 4.04. The molecule has 3 rings (SSSR count). The highest BCUT2D eigenvalue weighted by Gasteiger charge is 2.26. The van der Waals surface area contributed by atoms with Gasteiger partial charge in [0.15, 0.2) is 5.13 Å². The Hall–Kier alpha value is -1.46. The molecular weight excluding hydrogens is 282 g/mol. The molecule has 1 aliphatic heterocycles. The van der Waals surface area contributed by atoms with Crippen LogP contribution in [0.2, 0.25) is 0 Å². The fourth-order valence-electron chi connectivity index (χ4n) is 2.71. The van der Waals surface area contributed by atoms with Gasteiger partial charge in [0, 0.05) is 37.3 Å². The summed E-state index contributed by atoms with van der Waals surface area (Å²) in [7, 11) is 0. The van der Waals surface area contributed by atoms with Crippen LogP contribution in [0.3, 0.4) is 0 Å². The molecular formula is C16H21N3OS. The molecule has 1 aliphatic rings. The Morgan fingerprint density at radius 1 is 1.19 bits per heavy atom. The number of piperazine rings is 1. The quantitative estimate of drug-likeness (QED) is 0.799. The van der Waals surface area contributed by atoms with Crippen molar-refractivity contribution in [1.82, 2.24) is 9.88 Å². The number of aldehydes is 1. The van der Waals surface area contributed by atoms with Gasteiger partial charge in [0.1, 0.15) is 6.29 Å². The fraction of sp³-hybridized carbons (Fsp3) is 0.500. The third kappa shape index (κ3) is 2.94. The second-order valence-electron chi connectivity index (χ2n) is 6.49. The number of nitrogens with zero attached hydrogens (tertiary/aromatic N) is 3. The number of hydrogen-bond donors (Lipinski definition) is 0. The average molecular weight is 303 g/mol. The van der Waals surface area contributed by atoms with E-state index in [2.05, 4.69) is 30.6 Å². The molecule has 0 unspecified atom stereocenters. The fourth-order valence-corrected chi connectivity index (χ4v) is 3.77. The van der Waals surface area contributed by atoms with E-state index in [1.165, 1.54) is 0 Å². The Labute approximate surface area is 129 Å². The zero-order valence-electron chi connectivity index (χ0n) is 12.8.